The molecule has 0 aromatic heterocycles. The maximum Gasteiger partial charge on any atom is 0.282 e. The lowest BCUT2D eigenvalue weighted by molar-refractivity contribution is -0.120. The van der Waals surface area contributed by atoms with E-state index >= 15 is 0 Å². The largest absolute Gasteiger partial charge is 0.491 e. The quantitative estimate of drug-likeness (QED) is 0.468. The van der Waals surface area contributed by atoms with Gasteiger partial charge in [0.1, 0.15) is 11.4 Å². The molecule has 0 atom stereocenters. The summed E-state index contributed by atoms with van der Waals surface area (Å²) >= 11 is 0. The molecule has 2 amide bonds. The van der Waals surface area contributed by atoms with Crippen molar-refractivity contribution in [1.29, 1.82) is 0 Å². The Balaban J connectivity index is 1.68. The minimum Gasteiger partial charge on any atom is -0.491 e. The summed E-state index contributed by atoms with van der Waals surface area (Å²) in [5.74, 6) is -0.0952. The second kappa shape index (κ2) is 8.82. The summed E-state index contributed by atoms with van der Waals surface area (Å²) in [4.78, 5) is 31.4. The zero-order valence-electron chi connectivity index (χ0n) is 19.8. The Morgan fingerprint density at radius 2 is 1.62 bits per heavy atom. The molecule has 0 bridgehead atoms. The number of hydrogen-bond donors (Lipinski definition) is 0. The van der Waals surface area contributed by atoms with Crippen LogP contribution in [0.2, 0.25) is 0 Å². The molecule has 34 heavy (non-hydrogen) atoms. The number of rotatable bonds is 6. The van der Waals surface area contributed by atoms with Gasteiger partial charge in [-0.3, -0.25) is 9.59 Å². The highest BCUT2D eigenvalue weighted by Gasteiger charge is 2.45. The molecular formula is C29H28N2O3. The Hall–Kier alpha value is -3.86. The molecule has 172 valence electrons. The molecule has 5 nitrogen and oxygen atoms in total. The van der Waals surface area contributed by atoms with Crippen LogP contribution in [-0.4, -0.2) is 25.0 Å². The van der Waals surface area contributed by atoms with Crippen molar-refractivity contribution in [2.45, 2.75) is 33.6 Å². The third-order valence-electron chi connectivity index (χ3n) is 6.44. The number of anilines is 2. The van der Waals surface area contributed by atoms with Crippen molar-refractivity contribution in [1.82, 2.24) is 0 Å². The Bertz CT molecular complexity index is 1320. The molecule has 5 heteroatoms. The van der Waals surface area contributed by atoms with Gasteiger partial charge in [-0.2, -0.15) is 0 Å². The zero-order chi connectivity index (χ0) is 23.8. The lowest BCUT2D eigenvalue weighted by Crippen LogP contribution is -2.35. The highest BCUT2D eigenvalue weighted by molar-refractivity contribution is 6.46. The zero-order valence-corrected chi connectivity index (χ0v) is 19.8. The number of carbonyl (C=O) groups is 2. The van der Waals surface area contributed by atoms with Crippen molar-refractivity contribution in [3.05, 3.63) is 94.7 Å². The van der Waals surface area contributed by atoms with Crippen LogP contribution in [-0.2, 0) is 16.0 Å². The summed E-state index contributed by atoms with van der Waals surface area (Å²) in [5.41, 5.74) is 6.41. The molecule has 5 rings (SSSR count). The maximum atomic E-state index is 14.1. The first-order valence-corrected chi connectivity index (χ1v) is 11.8. The van der Waals surface area contributed by atoms with Gasteiger partial charge in [0.15, 0.2) is 0 Å². The molecule has 0 N–H and O–H groups in total. The summed E-state index contributed by atoms with van der Waals surface area (Å²) < 4.78 is 5.91. The van der Waals surface area contributed by atoms with E-state index in [0.29, 0.717) is 35.9 Å². The van der Waals surface area contributed by atoms with E-state index in [2.05, 4.69) is 12.1 Å². The average molecular weight is 453 g/mol. The normalized spacial score (nSPS) is 15.4. The van der Waals surface area contributed by atoms with Gasteiger partial charge in [-0.05, 0) is 61.6 Å². The number of aryl methyl sites for hydroxylation is 2. The fourth-order valence-electron chi connectivity index (χ4n) is 4.87. The van der Waals surface area contributed by atoms with E-state index in [1.54, 1.807) is 6.07 Å². The Morgan fingerprint density at radius 1 is 0.882 bits per heavy atom. The number of para-hydroxylation sites is 3. The van der Waals surface area contributed by atoms with Crippen LogP contribution in [0.3, 0.4) is 0 Å². The predicted molar refractivity (Wildman–Crippen MR) is 135 cm³/mol. The van der Waals surface area contributed by atoms with E-state index in [9.17, 15) is 9.59 Å². The van der Waals surface area contributed by atoms with Crippen LogP contribution in [0.4, 0.5) is 11.4 Å². The number of amides is 2. The fraction of sp³-hybridized carbons (Fsp3) is 0.241. The van der Waals surface area contributed by atoms with Gasteiger partial charge in [-0.15, -0.1) is 0 Å². The van der Waals surface area contributed by atoms with Gasteiger partial charge >= 0.3 is 0 Å². The lowest BCUT2D eigenvalue weighted by atomic mass is 9.97. The van der Waals surface area contributed by atoms with Gasteiger partial charge in [0, 0.05) is 12.2 Å². The SMILES string of the molecule is CCCOc1ccccc1N1C(=O)C(c2ccc(C)cc2C)=C(N2CCc3ccccc32)C1=O. The summed E-state index contributed by atoms with van der Waals surface area (Å²) in [7, 11) is 0. The third-order valence-corrected chi connectivity index (χ3v) is 6.44. The Labute approximate surface area is 200 Å². The number of ether oxygens (including phenoxy) is 1. The molecule has 0 saturated heterocycles. The number of nitrogens with zero attached hydrogens (tertiary/aromatic N) is 2. The number of hydrogen-bond acceptors (Lipinski definition) is 4. The number of carbonyl (C=O) groups excluding carboxylic acids is 2. The van der Waals surface area contributed by atoms with Gasteiger partial charge in [-0.1, -0.05) is 61.0 Å². The maximum absolute atomic E-state index is 14.1. The van der Waals surface area contributed by atoms with Crippen molar-refractivity contribution in [3.8, 4) is 5.75 Å². The second-order valence-corrected chi connectivity index (χ2v) is 8.83. The van der Waals surface area contributed by atoms with Crippen LogP contribution in [0, 0.1) is 13.8 Å². The second-order valence-electron chi connectivity index (χ2n) is 8.83. The molecule has 2 heterocycles. The van der Waals surface area contributed by atoms with Crippen LogP contribution in [0.25, 0.3) is 5.57 Å². The van der Waals surface area contributed by atoms with E-state index in [1.807, 2.05) is 74.2 Å². The van der Waals surface area contributed by atoms with E-state index in [-0.39, 0.29) is 11.8 Å². The molecule has 0 saturated carbocycles. The summed E-state index contributed by atoms with van der Waals surface area (Å²) in [6.07, 6.45) is 1.66. The highest BCUT2D eigenvalue weighted by Crippen LogP contribution is 2.42. The molecule has 0 radical (unpaired) electrons. The van der Waals surface area contributed by atoms with Crippen molar-refractivity contribution >= 4 is 28.8 Å². The lowest BCUT2D eigenvalue weighted by Gasteiger charge is -2.22. The van der Waals surface area contributed by atoms with E-state index in [1.165, 1.54) is 10.5 Å². The molecule has 0 spiro atoms. The van der Waals surface area contributed by atoms with Crippen molar-refractivity contribution < 1.29 is 14.3 Å². The number of fused-ring (bicyclic) bond motifs is 1. The Morgan fingerprint density at radius 3 is 2.38 bits per heavy atom. The molecule has 0 aliphatic carbocycles. The van der Waals surface area contributed by atoms with E-state index < -0.39 is 0 Å². The monoisotopic (exact) mass is 452 g/mol. The van der Waals surface area contributed by atoms with Crippen LogP contribution in [0.5, 0.6) is 5.75 Å². The van der Waals surface area contributed by atoms with Gasteiger partial charge in [0.05, 0.1) is 17.9 Å². The molecule has 0 fully saturated rings. The summed E-state index contributed by atoms with van der Waals surface area (Å²) in [5, 5.41) is 0. The van der Waals surface area contributed by atoms with Crippen molar-refractivity contribution in [3.63, 3.8) is 0 Å². The van der Waals surface area contributed by atoms with Gasteiger partial charge in [-0.25, -0.2) is 4.90 Å². The summed E-state index contributed by atoms with van der Waals surface area (Å²) in [6.45, 7) is 7.21. The predicted octanol–water partition coefficient (Wildman–Crippen LogP) is 5.44. The smallest absolute Gasteiger partial charge is 0.282 e. The molecule has 2 aliphatic rings. The number of imide groups is 1. The minimum atomic E-state index is -0.316. The molecule has 3 aromatic carbocycles. The first-order chi connectivity index (χ1) is 16.5. The van der Waals surface area contributed by atoms with Gasteiger partial charge in [0.25, 0.3) is 11.8 Å². The van der Waals surface area contributed by atoms with Crippen LogP contribution < -0.4 is 14.5 Å². The first-order valence-electron chi connectivity index (χ1n) is 11.8. The fourth-order valence-corrected chi connectivity index (χ4v) is 4.87. The van der Waals surface area contributed by atoms with Gasteiger partial charge in [0.2, 0.25) is 0 Å². The minimum absolute atomic E-state index is 0.316. The first kappa shape index (κ1) is 22.0. The molecular weight excluding hydrogens is 424 g/mol. The molecule has 0 unspecified atom stereocenters. The van der Waals surface area contributed by atoms with Crippen molar-refractivity contribution in [2.75, 3.05) is 23.0 Å². The number of benzene rings is 3. The molecule has 2 aliphatic heterocycles. The highest BCUT2D eigenvalue weighted by atomic mass is 16.5. The van der Waals surface area contributed by atoms with E-state index in [4.69, 9.17) is 4.74 Å². The molecule has 3 aromatic rings. The van der Waals surface area contributed by atoms with E-state index in [0.717, 1.165) is 35.2 Å². The third kappa shape index (κ3) is 3.58. The average Bonchev–Trinajstić information content (AvgIpc) is 3.36. The summed E-state index contributed by atoms with van der Waals surface area (Å²) in [6, 6.07) is 21.4. The van der Waals surface area contributed by atoms with Crippen molar-refractivity contribution in [2.24, 2.45) is 0 Å². The van der Waals surface area contributed by atoms with Crippen LogP contribution >= 0.6 is 0 Å². The Kier molecular flexibility index (Phi) is 5.70. The topological polar surface area (TPSA) is 49.9 Å². The van der Waals surface area contributed by atoms with Crippen LogP contribution in [0.1, 0.15) is 35.6 Å². The standard InChI is InChI=1S/C29H28N2O3/c1-4-17-34-25-12-8-7-11-24(25)31-28(32)26(22-14-13-19(2)18-20(22)3)27(29(31)33)30-16-15-21-9-5-6-10-23(21)30/h5-14,18H,4,15-17H2,1-3H3. The van der Waals surface area contributed by atoms with Gasteiger partial charge < -0.3 is 9.64 Å². The van der Waals surface area contributed by atoms with Crippen LogP contribution in [0.15, 0.2) is 72.4 Å².